The molecular weight excluding hydrogens is 671 g/mol. The Morgan fingerprint density at radius 2 is 1.69 bits per heavy atom. The zero-order valence-electron chi connectivity index (χ0n) is 27.2. The summed E-state index contributed by atoms with van der Waals surface area (Å²) in [6.45, 7) is 5.83. The van der Waals surface area contributed by atoms with Crippen LogP contribution in [0.25, 0.3) is 10.8 Å². The molecule has 254 valence electrons. The number of halogens is 2. The second-order valence-corrected chi connectivity index (χ2v) is 18.0. The molecule has 0 bridgehead atoms. The normalized spacial score (nSPS) is 19.2. The summed E-state index contributed by atoms with van der Waals surface area (Å²) in [4.78, 5) is 18.1. The van der Waals surface area contributed by atoms with Crippen molar-refractivity contribution in [3.05, 3.63) is 101 Å². The highest BCUT2D eigenvalue weighted by atomic mass is 35.5. The number of carbonyl (C=O) groups is 1. The molecule has 2 aliphatic rings. The molecule has 12 heteroatoms. The summed E-state index contributed by atoms with van der Waals surface area (Å²) in [6.07, 6.45) is 7.86. The Morgan fingerprint density at radius 3 is 2.40 bits per heavy atom. The van der Waals surface area contributed by atoms with E-state index in [0.717, 1.165) is 30.2 Å². The number of hydrogen-bond acceptors (Lipinski definition) is 5. The van der Waals surface area contributed by atoms with Crippen molar-refractivity contribution in [2.45, 2.75) is 80.5 Å². The monoisotopic (exact) mass is 710 g/mol. The number of aromatic nitrogens is 1. The van der Waals surface area contributed by atoms with Gasteiger partial charge in [-0.25, -0.2) is 21.7 Å². The molecule has 1 aromatic heterocycles. The van der Waals surface area contributed by atoms with Gasteiger partial charge in [-0.2, -0.15) is 4.31 Å². The highest BCUT2D eigenvalue weighted by Gasteiger charge is 2.42. The van der Waals surface area contributed by atoms with Crippen LogP contribution in [0.3, 0.4) is 0 Å². The van der Waals surface area contributed by atoms with E-state index in [2.05, 4.69) is 15.0 Å². The van der Waals surface area contributed by atoms with E-state index >= 15 is 4.39 Å². The lowest BCUT2D eigenvalue weighted by Gasteiger charge is -2.38. The maximum Gasteiger partial charge on any atom is 0.243 e. The first-order valence-electron chi connectivity index (χ1n) is 16.2. The van der Waals surface area contributed by atoms with Crippen LogP contribution in [0, 0.1) is 11.7 Å². The van der Waals surface area contributed by atoms with Gasteiger partial charge in [-0.15, -0.1) is 0 Å². The highest BCUT2D eigenvalue weighted by Crippen LogP contribution is 2.43. The number of pyridine rings is 1. The van der Waals surface area contributed by atoms with E-state index in [9.17, 15) is 17.4 Å². The van der Waals surface area contributed by atoms with Crippen LogP contribution in [-0.4, -0.2) is 45.2 Å². The van der Waals surface area contributed by atoms with Gasteiger partial charge in [0.2, 0.25) is 15.9 Å². The van der Waals surface area contributed by atoms with Crippen molar-refractivity contribution in [2.75, 3.05) is 11.9 Å². The first-order chi connectivity index (χ1) is 22.8. The first-order valence-corrected chi connectivity index (χ1v) is 19.2. The molecular formula is C36H40ClFN4O4S2. The Kier molecular flexibility index (Phi) is 9.81. The number of fused-ring (bicyclic) bond motifs is 1. The van der Waals surface area contributed by atoms with Gasteiger partial charge in [-0.3, -0.25) is 9.78 Å². The molecule has 1 aliphatic carbocycles. The Bertz CT molecular complexity index is 1970. The number of benzene rings is 3. The molecule has 2 heterocycles. The van der Waals surface area contributed by atoms with E-state index in [0.29, 0.717) is 41.2 Å². The zero-order valence-corrected chi connectivity index (χ0v) is 29.6. The molecule has 2 N–H and O–H groups in total. The molecule has 2 fully saturated rings. The number of rotatable bonds is 11. The third kappa shape index (κ3) is 7.21. The SMILES string of the molecule is CC(C)(C)S(=O)NC(CCC1CC1)(c1ccncc1)c1ccc(F)c(NC(=O)[C@H]2CCCN2S(=O)(=O)c2ccc3cc(Cl)ccc3c2)c1. The molecule has 0 spiro atoms. The minimum absolute atomic E-state index is 0.0703. The predicted molar refractivity (Wildman–Crippen MR) is 189 cm³/mol. The van der Waals surface area contributed by atoms with Gasteiger partial charge in [0, 0.05) is 24.0 Å². The molecule has 1 saturated heterocycles. The van der Waals surface area contributed by atoms with Crippen molar-refractivity contribution >= 4 is 55.0 Å². The van der Waals surface area contributed by atoms with Crippen molar-refractivity contribution in [3.63, 3.8) is 0 Å². The number of carbonyl (C=O) groups excluding carboxylic acids is 1. The lowest BCUT2D eigenvalue weighted by atomic mass is 9.79. The predicted octanol–water partition coefficient (Wildman–Crippen LogP) is 7.30. The third-order valence-electron chi connectivity index (χ3n) is 9.22. The van der Waals surface area contributed by atoms with Crippen LogP contribution >= 0.6 is 11.6 Å². The zero-order chi connectivity index (χ0) is 34.3. The minimum atomic E-state index is -4.05. The van der Waals surface area contributed by atoms with Crippen molar-refractivity contribution in [3.8, 4) is 0 Å². The minimum Gasteiger partial charge on any atom is -0.322 e. The molecule has 0 radical (unpaired) electrons. The molecule has 8 nitrogen and oxygen atoms in total. The maximum atomic E-state index is 15.5. The summed E-state index contributed by atoms with van der Waals surface area (Å²) in [5.74, 6) is -0.708. The summed E-state index contributed by atoms with van der Waals surface area (Å²) in [7, 11) is -5.55. The standard InChI is InChI=1S/C36H40ClFN4O4S2/c1-35(2,3)47(44)41-36(17-14-24-6-7-24,27-15-18-39-19-16-27)28-10-13-31(38)32(23-28)40-34(43)33-5-4-20-42(33)48(45,46)30-12-9-25-21-29(37)11-8-26(25)22-30/h8-13,15-16,18-19,21-24,33,41H,4-7,14,17,20H2,1-3H3,(H,40,43)/t33-,36?,47?/m1/s1. The quantitative estimate of drug-likeness (QED) is 0.170. The van der Waals surface area contributed by atoms with Crippen LogP contribution in [0.5, 0.6) is 0 Å². The number of sulfonamides is 1. The first kappa shape index (κ1) is 34.6. The van der Waals surface area contributed by atoms with Gasteiger partial charge in [0.25, 0.3) is 0 Å². The molecule has 3 aromatic carbocycles. The maximum absolute atomic E-state index is 15.5. The fourth-order valence-corrected chi connectivity index (χ4v) is 9.12. The van der Waals surface area contributed by atoms with Gasteiger partial charge < -0.3 is 5.32 Å². The van der Waals surface area contributed by atoms with Gasteiger partial charge >= 0.3 is 0 Å². The van der Waals surface area contributed by atoms with Crippen LogP contribution < -0.4 is 10.0 Å². The lowest BCUT2D eigenvalue weighted by molar-refractivity contribution is -0.119. The third-order valence-corrected chi connectivity index (χ3v) is 13.0. The van der Waals surface area contributed by atoms with Crippen LogP contribution in [-0.2, 0) is 31.3 Å². The molecule has 1 saturated carbocycles. The number of amides is 1. The molecule has 3 atom stereocenters. The van der Waals surface area contributed by atoms with Gasteiger partial charge in [0.05, 0.1) is 31.9 Å². The molecule has 48 heavy (non-hydrogen) atoms. The summed E-state index contributed by atoms with van der Waals surface area (Å²) in [5.41, 5.74) is 0.415. The Labute approximate surface area is 289 Å². The van der Waals surface area contributed by atoms with E-state index in [1.807, 2.05) is 32.9 Å². The number of anilines is 1. The highest BCUT2D eigenvalue weighted by molar-refractivity contribution is 7.89. The van der Waals surface area contributed by atoms with Crippen LogP contribution in [0.4, 0.5) is 10.1 Å². The second-order valence-electron chi connectivity index (χ2n) is 13.7. The van der Waals surface area contributed by atoms with Gasteiger partial charge in [0.15, 0.2) is 0 Å². The smallest absolute Gasteiger partial charge is 0.243 e. The van der Waals surface area contributed by atoms with Gasteiger partial charge in [-0.05, 0) is 123 Å². The number of nitrogens with zero attached hydrogens (tertiary/aromatic N) is 2. The van der Waals surface area contributed by atoms with Crippen molar-refractivity contribution in [1.29, 1.82) is 0 Å². The molecule has 4 aromatic rings. The second kappa shape index (κ2) is 13.6. The summed E-state index contributed by atoms with van der Waals surface area (Å²) in [6, 6.07) is 17.2. The summed E-state index contributed by atoms with van der Waals surface area (Å²) >= 11 is 6.10. The van der Waals surface area contributed by atoms with Gasteiger partial charge in [-0.1, -0.05) is 42.6 Å². The largest absolute Gasteiger partial charge is 0.322 e. The van der Waals surface area contributed by atoms with Crippen LogP contribution in [0.15, 0.2) is 84.0 Å². The fourth-order valence-electron chi connectivity index (χ4n) is 6.28. The summed E-state index contributed by atoms with van der Waals surface area (Å²) < 4.78 is 60.9. The average molecular weight is 711 g/mol. The fraction of sp³-hybridized carbons (Fsp3) is 0.389. The lowest BCUT2D eigenvalue weighted by Crippen LogP contribution is -2.49. The van der Waals surface area contributed by atoms with E-state index in [1.165, 1.54) is 16.4 Å². The van der Waals surface area contributed by atoms with Crippen molar-refractivity contribution < 1.29 is 21.8 Å². The van der Waals surface area contributed by atoms with Crippen LogP contribution in [0.2, 0.25) is 5.02 Å². The topological polar surface area (TPSA) is 108 Å². The van der Waals surface area contributed by atoms with E-state index in [4.69, 9.17) is 11.6 Å². The van der Waals surface area contributed by atoms with Crippen molar-refractivity contribution in [1.82, 2.24) is 14.0 Å². The Balaban J connectivity index is 1.32. The Hall–Kier alpha value is -3.22. The van der Waals surface area contributed by atoms with Crippen molar-refractivity contribution in [2.24, 2.45) is 5.92 Å². The van der Waals surface area contributed by atoms with E-state index < -0.39 is 49.1 Å². The number of nitrogens with one attached hydrogen (secondary N) is 2. The Morgan fingerprint density at radius 1 is 0.979 bits per heavy atom. The molecule has 2 unspecified atom stereocenters. The summed E-state index contributed by atoms with van der Waals surface area (Å²) in [5, 5.41) is 4.77. The van der Waals surface area contributed by atoms with E-state index in [1.54, 1.807) is 54.9 Å². The van der Waals surface area contributed by atoms with E-state index in [-0.39, 0.29) is 17.1 Å². The van der Waals surface area contributed by atoms with Crippen LogP contribution in [0.1, 0.15) is 70.4 Å². The molecule has 1 aliphatic heterocycles. The molecule has 1 amide bonds. The number of hydrogen-bond donors (Lipinski definition) is 2. The molecule has 6 rings (SSSR count). The van der Waals surface area contributed by atoms with Gasteiger partial charge in [0.1, 0.15) is 11.9 Å². The average Bonchev–Trinajstić information content (AvgIpc) is 3.75.